The molecular weight excluding hydrogens is 832 g/mol. The maximum Gasteiger partial charge on any atom is 0.472 e. The number of carbonyl (C=O) groups is 3. The van der Waals surface area contributed by atoms with Crippen LogP contribution in [0.3, 0.4) is 0 Å². The summed E-state index contributed by atoms with van der Waals surface area (Å²) >= 11 is 0. The monoisotopic (exact) mass is 927 g/mol. The molecule has 0 saturated carbocycles. The first kappa shape index (κ1) is 61.7. The Morgan fingerprint density at radius 1 is 0.453 bits per heavy atom. The number of esters is 3. The van der Waals surface area contributed by atoms with Crippen LogP contribution < -0.4 is 0 Å². The lowest BCUT2D eigenvalue weighted by atomic mass is 10.0. The molecule has 0 aliphatic heterocycles. The first-order chi connectivity index (χ1) is 31.2. The van der Waals surface area contributed by atoms with Gasteiger partial charge in [0.25, 0.3) is 0 Å². The highest BCUT2D eigenvalue weighted by Gasteiger charge is 2.28. The van der Waals surface area contributed by atoms with Crippen molar-refractivity contribution >= 4 is 25.7 Å². The molecule has 374 valence electrons. The number of carbonyl (C=O) groups excluding carboxylic acids is 3. The fourth-order valence-electron chi connectivity index (χ4n) is 7.14. The summed E-state index contributed by atoms with van der Waals surface area (Å²) in [6.07, 6.45) is 45.5. The Morgan fingerprint density at radius 3 is 1.25 bits per heavy atom. The molecule has 0 saturated heterocycles. The van der Waals surface area contributed by atoms with Crippen LogP contribution in [0.1, 0.15) is 239 Å². The zero-order valence-electron chi connectivity index (χ0n) is 41.0. The van der Waals surface area contributed by atoms with Crippen molar-refractivity contribution in [3.63, 3.8) is 0 Å². The molecule has 0 aliphatic rings. The van der Waals surface area contributed by atoms with E-state index in [4.69, 9.17) is 23.3 Å². The lowest BCUT2D eigenvalue weighted by molar-refractivity contribution is -0.161. The van der Waals surface area contributed by atoms with Gasteiger partial charge in [-0.3, -0.25) is 23.4 Å². The van der Waals surface area contributed by atoms with Crippen LogP contribution in [0.4, 0.5) is 0 Å². The van der Waals surface area contributed by atoms with E-state index in [1.54, 1.807) is 0 Å². The van der Waals surface area contributed by atoms with Gasteiger partial charge in [0, 0.05) is 19.3 Å². The summed E-state index contributed by atoms with van der Waals surface area (Å²) in [4.78, 5) is 48.2. The van der Waals surface area contributed by atoms with E-state index >= 15 is 0 Å². The standard InChI is InChI=1S/C52H95O11P/c1-4-7-10-13-16-19-21-23-24-26-28-31-34-37-40-43-52(56)63-49(45-59-50(54)41-38-35-32-30-27-25-22-20-17-14-11-8-5-2)47-61-64(57,58)60-46-48(44-53)62-51(55)42-39-36-33-29-18-15-12-9-6-3/h8,11,17,20,25,27,48-49,53H,4-7,9-10,12-16,18-19,21-24,26,28-47H2,1-3H3,(H,57,58)/b11-8-,20-17-,27-25-. The van der Waals surface area contributed by atoms with Crippen LogP contribution >= 0.6 is 7.82 Å². The van der Waals surface area contributed by atoms with Gasteiger partial charge in [0.05, 0.1) is 19.8 Å². The highest BCUT2D eigenvalue weighted by Crippen LogP contribution is 2.43. The van der Waals surface area contributed by atoms with Crippen molar-refractivity contribution in [3.05, 3.63) is 36.5 Å². The molecule has 0 rings (SSSR count). The van der Waals surface area contributed by atoms with Gasteiger partial charge in [-0.1, -0.05) is 205 Å². The zero-order valence-corrected chi connectivity index (χ0v) is 41.9. The normalized spacial score (nSPS) is 13.8. The summed E-state index contributed by atoms with van der Waals surface area (Å²) in [6.45, 7) is 4.48. The molecule has 0 aromatic heterocycles. The number of unbranched alkanes of at least 4 members (excludes halogenated alkanes) is 25. The second-order valence-electron chi connectivity index (χ2n) is 17.3. The summed E-state index contributed by atoms with van der Waals surface area (Å²) in [5.41, 5.74) is 0. The lowest BCUT2D eigenvalue weighted by Gasteiger charge is -2.21. The van der Waals surface area contributed by atoms with Crippen LogP contribution in [0.15, 0.2) is 36.5 Å². The van der Waals surface area contributed by atoms with Gasteiger partial charge in [-0.15, -0.1) is 0 Å². The Balaban J connectivity index is 4.76. The van der Waals surface area contributed by atoms with Gasteiger partial charge >= 0.3 is 25.7 Å². The summed E-state index contributed by atoms with van der Waals surface area (Å²) in [5, 5.41) is 9.74. The first-order valence-corrected chi connectivity index (χ1v) is 27.4. The largest absolute Gasteiger partial charge is 0.472 e. The number of allylic oxidation sites excluding steroid dienone is 6. The van der Waals surface area contributed by atoms with Crippen molar-refractivity contribution in [1.82, 2.24) is 0 Å². The van der Waals surface area contributed by atoms with Crippen molar-refractivity contribution in [2.45, 2.75) is 251 Å². The van der Waals surface area contributed by atoms with Crippen molar-refractivity contribution in [3.8, 4) is 0 Å². The number of phosphoric acid groups is 1. The van der Waals surface area contributed by atoms with E-state index in [1.165, 1.54) is 103 Å². The Bertz CT molecular complexity index is 1220. The number of hydrogen-bond acceptors (Lipinski definition) is 10. The van der Waals surface area contributed by atoms with E-state index in [0.29, 0.717) is 19.3 Å². The van der Waals surface area contributed by atoms with Crippen LogP contribution in [-0.4, -0.2) is 66.5 Å². The van der Waals surface area contributed by atoms with Crippen molar-refractivity contribution in [1.29, 1.82) is 0 Å². The van der Waals surface area contributed by atoms with Gasteiger partial charge in [-0.05, 0) is 51.4 Å². The van der Waals surface area contributed by atoms with Gasteiger partial charge in [-0.2, -0.15) is 0 Å². The minimum Gasteiger partial charge on any atom is -0.462 e. The third-order valence-corrected chi connectivity index (χ3v) is 12.0. The Morgan fingerprint density at radius 2 is 0.812 bits per heavy atom. The fourth-order valence-corrected chi connectivity index (χ4v) is 7.92. The summed E-state index contributed by atoms with van der Waals surface area (Å²) in [5.74, 6) is -1.49. The zero-order chi connectivity index (χ0) is 47.0. The molecule has 11 nitrogen and oxygen atoms in total. The maximum atomic E-state index is 12.8. The SMILES string of the molecule is CC/C=C\C/C=C\C/C=C\CCCCCC(=O)OCC(COP(=O)(O)OCC(CO)OC(=O)CCCCCCCCCCC)OC(=O)CCCCCCCCCCCCCCCCC. The second kappa shape index (κ2) is 47.2. The van der Waals surface area contributed by atoms with Crippen LogP contribution in [0.5, 0.6) is 0 Å². The molecule has 0 aromatic carbocycles. The number of phosphoric ester groups is 1. The van der Waals surface area contributed by atoms with Crippen molar-refractivity contribution in [2.24, 2.45) is 0 Å². The molecule has 3 unspecified atom stereocenters. The maximum absolute atomic E-state index is 12.8. The van der Waals surface area contributed by atoms with E-state index in [1.807, 2.05) is 0 Å². The first-order valence-electron chi connectivity index (χ1n) is 25.9. The summed E-state index contributed by atoms with van der Waals surface area (Å²) < 4.78 is 39.3. The van der Waals surface area contributed by atoms with Crippen molar-refractivity contribution < 1.29 is 52.2 Å². The van der Waals surface area contributed by atoms with E-state index in [9.17, 15) is 28.9 Å². The van der Waals surface area contributed by atoms with E-state index in [0.717, 1.165) is 77.0 Å². The Hall–Kier alpha value is -2.30. The van der Waals surface area contributed by atoms with Gasteiger partial charge in [-0.25, -0.2) is 4.57 Å². The second-order valence-corrected chi connectivity index (χ2v) is 18.8. The fraction of sp³-hybridized carbons (Fsp3) is 0.827. The molecule has 0 heterocycles. The molecule has 0 aliphatic carbocycles. The Labute approximate surface area is 390 Å². The molecular formula is C52H95O11P. The number of aliphatic hydroxyl groups is 1. The topological polar surface area (TPSA) is 155 Å². The highest BCUT2D eigenvalue weighted by molar-refractivity contribution is 7.47. The third-order valence-electron chi connectivity index (χ3n) is 11.1. The lowest BCUT2D eigenvalue weighted by Crippen LogP contribution is -2.30. The smallest absolute Gasteiger partial charge is 0.462 e. The average Bonchev–Trinajstić information content (AvgIpc) is 3.28. The summed E-state index contributed by atoms with van der Waals surface area (Å²) in [7, 11) is -4.74. The molecule has 3 atom stereocenters. The number of ether oxygens (including phenoxy) is 3. The molecule has 0 aromatic rings. The van der Waals surface area contributed by atoms with Gasteiger partial charge in [0.1, 0.15) is 12.7 Å². The van der Waals surface area contributed by atoms with E-state index in [-0.39, 0.29) is 25.9 Å². The predicted octanol–water partition coefficient (Wildman–Crippen LogP) is 14.5. The van der Waals surface area contributed by atoms with Gasteiger partial charge < -0.3 is 24.2 Å². The summed E-state index contributed by atoms with van der Waals surface area (Å²) in [6, 6.07) is 0. The molecule has 12 heteroatoms. The minimum absolute atomic E-state index is 0.166. The Kier molecular flexibility index (Phi) is 45.5. The molecule has 0 spiro atoms. The highest BCUT2D eigenvalue weighted by atomic mass is 31.2. The quantitative estimate of drug-likeness (QED) is 0.0197. The molecule has 0 fully saturated rings. The third kappa shape index (κ3) is 44.9. The predicted molar refractivity (Wildman–Crippen MR) is 261 cm³/mol. The molecule has 64 heavy (non-hydrogen) atoms. The number of hydrogen-bond donors (Lipinski definition) is 2. The van der Waals surface area contributed by atoms with E-state index < -0.39 is 57.8 Å². The molecule has 0 amide bonds. The number of aliphatic hydroxyl groups excluding tert-OH is 1. The molecule has 0 radical (unpaired) electrons. The minimum atomic E-state index is -4.74. The van der Waals surface area contributed by atoms with E-state index in [2.05, 4.69) is 57.2 Å². The van der Waals surface area contributed by atoms with Crippen LogP contribution in [0.2, 0.25) is 0 Å². The van der Waals surface area contributed by atoms with Crippen molar-refractivity contribution in [2.75, 3.05) is 26.4 Å². The average molecular weight is 927 g/mol. The van der Waals surface area contributed by atoms with Crippen LogP contribution in [0, 0.1) is 0 Å². The molecule has 0 bridgehead atoms. The molecule has 2 N–H and O–H groups in total. The number of rotatable bonds is 48. The van der Waals surface area contributed by atoms with Crippen LogP contribution in [-0.2, 0) is 42.2 Å². The van der Waals surface area contributed by atoms with Gasteiger partial charge in [0.2, 0.25) is 0 Å². The van der Waals surface area contributed by atoms with Crippen LogP contribution in [0.25, 0.3) is 0 Å². The van der Waals surface area contributed by atoms with Gasteiger partial charge in [0.15, 0.2) is 6.10 Å².